The van der Waals surface area contributed by atoms with Crippen LogP contribution >= 0.6 is 0 Å². The van der Waals surface area contributed by atoms with Crippen molar-refractivity contribution in [3.05, 3.63) is 23.3 Å². The fourth-order valence-electron chi connectivity index (χ4n) is 2.12. The van der Waals surface area contributed by atoms with Crippen LogP contribution in [0, 0.1) is 13.8 Å². The van der Waals surface area contributed by atoms with Crippen molar-refractivity contribution >= 4 is 5.82 Å². The summed E-state index contributed by atoms with van der Waals surface area (Å²) in [5.74, 6) is 2.04. The summed E-state index contributed by atoms with van der Waals surface area (Å²) < 4.78 is 10.8. The number of nitrogens with zero attached hydrogens (tertiary/aromatic N) is 1. The van der Waals surface area contributed by atoms with E-state index in [1.807, 2.05) is 19.9 Å². The molecule has 0 radical (unpaired) electrons. The number of hydrogen-bond donors (Lipinski definition) is 2. The van der Waals surface area contributed by atoms with Gasteiger partial charge >= 0.3 is 0 Å². The molecule has 96 valence electrons. The summed E-state index contributed by atoms with van der Waals surface area (Å²) in [5, 5.41) is 6.85. The Bertz CT molecular complexity index is 576. The zero-order valence-corrected chi connectivity index (χ0v) is 11.0. The maximum absolute atomic E-state index is 5.64. The van der Waals surface area contributed by atoms with Gasteiger partial charge in [0.2, 0.25) is 0 Å². The second kappa shape index (κ2) is 4.60. The van der Waals surface area contributed by atoms with Gasteiger partial charge in [0.25, 0.3) is 0 Å². The Morgan fingerprint density at radius 3 is 2.39 bits per heavy atom. The third-order valence-electron chi connectivity index (χ3n) is 2.97. The van der Waals surface area contributed by atoms with Crippen molar-refractivity contribution in [1.29, 1.82) is 0 Å². The first-order valence-corrected chi connectivity index (χ1v) is 5.62. The van der Waals surface area contributed by atoms with Crippen LogP contribution in [0.2, 0.25) is 0 Å². The normalized spacial score (nSPS) is 10.4. The lowest BCUT2D eigenvalue weighted by Crippen LogP contribution is -1.98. The molecule has 1 heterocycles. The Hall–Kier alpha value is -2.17. The Labute approximate surface area is 106 Å². The molecule has 0 atom stereocenters. The van der Waals surface area contributed by atoms with E-state index in [9.17, 15) is 0 Å². The molecule has 3 N–H and O–H groups in total. The van der Waals surface area contributed by atoms with Gasteiger partial charge in [0.15, 0.2) is 0 Å². The number of aromatic nitrogens is 2. The maximum atomic E-state index is 5.64. The van der Waals surface area contributed by atoms with E-state index in [4.69, 9.17) is 15.2 Å². The van der Waals surface area contributed by atoms with Crippen molar-refractivity contribution in [2.24, 2.45) is 0 Å². The van der Waals surface area contributed by atoms with Gasteiger partial charge in [-0.15, -0.1) is 0 Å². The molecule has 2 rings (SSSR count). The van der Waals surface area contributed by atoms with Crippen molar-refractivity contribution < 1.29 is 9.47 Å². The second-order valence-corrected chi connectivity index (χ2v) is 4.14. The number of H-pyrrole nitrogens is 1. The fourth-order valence-corrected chi connectivity index (χ4v) is 2.12. The molecule has 0 fully saturated rings. The lowest BCUT2D eigenvalue weighted by Gasteiger charge is -2.16. The molecule has 2 aromatic rings. The number of aryl methyl sites for hydroxylation is 1. The molecule has 5 nitrogen and oxygen atoms in total. The predicted molar refractivity (Wildman–Crippen MR) is 71.0 cm³/mol. The van der Waals surface area contributed by atoms with E-state index in [2.05, 4.69) is 10.2 Å². The first-order chi connectivity index (χ1) is 8.58. The molecule has 0 aliphatic carbocycles. The minimum absolute atomic E-state index is 0.458. The van der Waals surface area contributed by atoms with Crippen LogP contribution in [0.5, 0.6) is 11.5 Å². The summed E-state index contributed by atoms with van der Waals surface area (Å²) in [5.41, 5.74) is 9.43. The Kier molecular flexibility index (Phi) is 3.14. The average molecular weight is 247 g/mol. The van der Waals surface area contributed by atoms with E-state index in [1.54, 1.807) is 20.3 Å². The summed E-state index contributed by atoms with van der Waals surface area (Å²) in [6.45, 7) is 3.96. The zero-order chi connectivity index (χ0) is 13.3. The summed E-state index contributed by atoms with van der Waals surface area (Å²) in [7, 11) is 3.29. The molecular formula is C13H17N3O2. The minimum atomic E-state index is 0.458. The van der Waals surface area contributed by atoms with Crippen molar-refractivity contribution in [2.75, 3.05) is 20.0 Å². The molecule has 0 saturated heterocycles. The van der Waals surface area contributed by atoms with E-state index in [-0.39, 0.29) is 0 Å². The Morgan fingerprint density at radius 1 is 1.17 bits per heavy atom. The van der Waals surface area contributed by atoms with Gasteiger partial charge < -0.3 is 15.2 Å². The van der Waals surface area contributed by atoms with Gasteiger partial charge in [0, 0.05) is 17.2 Å². The molecule has 18 heavy (non-hydrogen) atoms. The summed E-state index contributed by atoms with van der Waals surface area (Å²) in [6, 6.07) is 3.76. The highest BCUT2D eigenvalue weighted by Crippen LogP contribution is 2.40. The molecule has 0 aliphatic heterocycles. The average Bonchev–Trinajstić information content (AvgIpc) is 2.77. The van der Waals surface area contributed by atoms with Crippen LogP contribution in [0.1, 0.15) is 11.1 Å². The Balaban J connectivity index is 2.70. The number of nitrogens with two attached hydrogens (primary N) is 1. The van der Waals surface area contributed by atoms with Gasteiger partial charge in [-0.2, -0.15) is 5.10 Å². The molecule has 0 aliphatic rings. The van der Waals surface area contributed by atoms with Gasteiger partial charge in [-0.25, -0.2) is 0 Å². The van der Waals surface area contributed by atoms with E-state index in [0.29, 0.717) is 5.82 Å². The molecule has 0 amide bonds. The molecule has 5 heteroatoms. The van der Waals surface area contributed by atoms with Crippen LogP contribution < -0.4 is 15.2 Å². The molecular weight excluding hydrogens is 230 g/mol. The fraction of sp³-hybridized carbons (Fsp3) is 0.308. The van der Waals surface area contributed by atoms with Crippen molar-refractivity contribution in [3.8, 4) is 22.8 Å². The number of hydrogen-bond acceptors (Lipinski definition) is 4. The summed E-state index contributed by atoms with van der Waals surface area (Å²) >= 11 is 0. The number of benzene rings is 1. The first kappa shape index (κ1) is 12.3. The smallest absolute Gasteiger partial charge is 0.145 e. The number of anilines is 1. The minimum Gasteiger partial charge on any atom is -0.496 e. The zero-order valence-electron chi connectivity index (χ0n) is 11.0. The SMILES string of the molecule is COc1cc(C)c(-c2cc(N)n[nH]2)c(OC)c1C. The summed E-state index contributed by atoms with van der Waals surface area (Å²) in [4.78, 5) is 0. The van der Waals surface area contributed by atoms with Crippen LogP contribution in [0.25, 0.3) is 11.3 Å². The highest BCUT2D eigenvalue weighted by molar-refractivity contribution is 5.76. The number of aromatic amines is 1. The highest BCUT2D eigenvalue weighted by atomic mass is 16.5. The van der Waals surface area contributed by atoms with Crippen molar-refractivity contribution in [2.45, 2.75) is 13.8 Å². The third kappa shape index (κ3) is 1.88. The monoisotopic (exact) mass is 247 g/mol. The Morgan fingerprint density at radius 2 is 1.89 bits per heavy atom. The van der Waals surface area contributed by atoms with Gasteiger partial charge in [0.05, 0.1) is 19.9 Å². The van der Waals surface area contributed by atoms with Gasteiger partial charge in [0.1, 0.15) is 17.3 Å². The lowest BCUT2D eigenvalue weighted by molar-refractivity contribution is 0.389. The van der Waals surface area contributed by atoms with E-state index in [1.165, 1.54) is 0 Å². The standard InChI is InChI=1S/C13H17N3O2/c1-7-5-10(17-3)8(2)13(18-4)12(7)9-6-11(14)16-15-9/h5-6H,1-4H3,(H3,14,15,16). The predicted octanol–water partition coefficient (Wildman–Crippen LogP) is 2.29. The number of rotatable bonds is 3. The molecule has 0 unspecified atom stereocenters. The number of ether oxygens (including phenoxy) is 2. The maximum Gasteiger partial charge on any atom is 0.145 e. The number of methoxy groups -OCH3 is 2. The summed E-state index contributed by atoms with van der Waals surface area (Å²) in [6.07, 6.45) is 0. The van der Waals surface area contributed by atoms with Crippen LogP contribution in [0.4, 0.5) is 5.82 Å². The topological polar surface area (TPSA) is 73.2 Å². The highest BCUT2D eigenvalue weighted by Gasteiger charge is 2.17. The quantitative estimate of drug-likeness (QED) is 0.872. The van der Waals surface area contributed by atoms with Crippen LogP contribution in [-0.4, -0.2) is 24.4 Å². The molecule has 1 aromatic heterocycles. The van der Waals surface area contributed by atoms with E-state index in [0.717, 1.165) is 33.9 Å². The second-order valence-electron chi connectivity index (χ2n) is 4.14. The van der Waals surface area contributed by atoms with Crippen LogP contribution in [0.3, 0.4) is 0 Å². The van der Waals surface area contributed by atoms with Gasteiger partial charge in [-0.3, -0.25) is 5.10 Å². The third-order valence-corrected chi connectivity index (χ3v) is 2.97. The van der Waals surface area contributed by atoms with Gasteiger partial charge in [-0.05, 0) is 25.5 Å². The first-order valence-electron chi connectivity index (χ1n) is 5.62. The van der Waals surface area contributed by atoms with Crippen LogP contribution in [-0.2, 0) is 0 Å². The molecule has 0 spiro atoms. The van der Waals surface area contributed by atoms with E-state index >= 15 is 0 Å². The molecule has 0 bridgehead atoms. The van der Waals surface area contributed by atoms with Gasteiger partial charge in [-0.1, -0.05) is 0 Å². The largest absolute Gasteiger partial charge is 0.496 e. The van der Waals surface area contributed by atoms with Crippen molar-refractivity contribution in [3.63, 3.8) is 0 Å². The van der Waals surface area contributed by atoms with Crippen LogP contribution in [0.15, 0.2) is 12.1 Å². The number of nitrogens with one attached hydrogen (secondary N) is 1. The molecule has 0 saturated carbocycles. The van der Waals surface area contributed by atoms with Crippen molar-refractivity contribution in [1.82, 2.24) is 10.2 Å². The lowest BCUT2D eigenvalue weighted by atomic mass is 10.00. The number of nitrogen functional groups attached to an aromatic ring is 1. The molecule has 1 aromatic carbocycles. The van der Waals surface area contributed by atoms with E-state index < -0.39 is 0 Å².